The topological polar surface area (TPSA) is 27.0 Å². The molecule has 1 aliphatic rings. The molecule has 1 aromatic rings. The summed E-state index contributed by atoms with van der Waals surface area (Å²) in [4.78, 5) is 1.74. The average Bonchev–Trinajstić information content (AvgIpc) is 2.38. The fourth-order valence-corrected chi connectivity index (χ4v) is 2.35. The van der Waals surface area contributed by atoms with Gasteiger partial charge in [0.25, 0.3) is 0 Å². The largest absolute Gasteiger partial charge is 0.418 e. The molecule has 1 aromatic carbocycles. The highest BCUT2D eigenvalue weighted by Gasteiger charge is 2.35. The highest BCUT2D eigenvalue weighted by atomic mass is 19.4. The molecule has 1 fully saturated rings. The molecule has 2 nitrogen and oxygen atoms in total. The molecule has 5 heteroatoms. The summed E-state index contributed by atoms with van der Waals surface area (Å²) in [7, 11) is 0. The summed E-state index contributed by atoms with van der Waals surface area (Å²) in [5.74, 6) is 0.546. The van der Waals surface area contributed by atoms with Gasteiger partial charge in [0.05, 0.1) is 22.9 Å². The van der Waals surface area contributed by atoms with Gasteiger partial charge in [-0.3, -0.25) is 0 Å². The Kier molecular flexibility index (Phi) is 3.70. The number of alkyl halides is 3. The third kappa shape index (κ3) is 3.01. The van der Waals surface area contributed by atoms with E-state index >= 15 is 0 Å². The van der Waals surface area contributed by atoms with E-state index in [1.165, 1.54) is 12.1 Å². The zero-order chi connectivity index (χ0) is 14.0. The molecule has 0 unspecified atom stereocenters. The molecule has 1 saturated heterocycles. The van der Waals surface area contributed by atoms with Crippen molar-refractivity contribution < 1.29 is 13.2 Å². The maximum atomic E-state index is 13.0. The first-order valence-corrected chi connectivity index (χ1v) is 6.28. The second-order valence-electron chi connectivity index (χ2n) is 5.01. The predicted molar refractivity (Wildman–Crippen MR) is 66.8 cm³/mol. The molecule has 0 aliphatic carbocycles. The predicted octanol–water partition coefficient (Wildman–Crippen LogP) is 3.81. The molecule has 0 saturated carbocycles. The molecule has 0 spiro atoms. The molecule has 0 atom stereocenters. The third-order valence-electron chi connectivity index (χ3n) is 3.56. The van der Waals surface area contributed by atoms with Crippen molar-refractivity contribution >= 4 is 5.69 Å². The Hall–Kier alpha value is -1.70. The second kappa shape index (κ2) is 5.12. The summed E-state index contributed by atoms with van der Waals surface area (Å²) in [5.41, 5.74) is -0.249. The molecular formula is C14H15F3N2. The van der Waals surface area contributed by atoms with Crippen LogP contribution in [0.4, 0.5) is 18.9 Å². The SMILES string of the molecule is CC1CCN(c2cc(C#N)ccc2C(F)(F)F)CC1. The van der Waals surface area contributed by atoms with Gasteiger partial charge in [-0.25, -0.2) is 0 Å². The van der Waals surface area contributed by atoms with Gasteiger partial charge in [0, 0.05) is 13.1 Å². The van der Waals surface area contributed by atoms with E-state index in [9.17, 15) is 13.2 Å². The van der Waals surface area contributed by atoms with Crippen LogP contribution in [0, 0.1) is 17.2 Å². The molecule has 102 valence electrons. The number of halogens is 3. The van der Waals surface area contributed by atoms with Crippen molar-refractivity contribution in [3.8, 4) is 6.07 Å². The van der Waals surface area contributed by atoms with E-state index in [1.807, 2.05) is 6.07 Å². The van der Waals surface area contributed by atoms with Gasteiger partial charge < -0.3 is 4.90 Å². The van der Waals surface area contributed by atoms with Gasteiger partial charge in [-0.05, 0) is 37.0 Å². The Labute approximate surface area is 110 Å². The Morgan fingerprint density at radius 3 is 2.42 bits per heavy atom. The third-order valence-corrected chi connectivity index (χ3v) is 3.56. The van der Waals surface area contributed by atoms with Crippen molar-refractivity contribution in [3.63, 3.8) is 0 Å². The molecular weight excluding hydrogens is 253 g/mol. The second-order valence-corrected chi connectivity index (χ2v) is 5.01. The van der Waals surface area contributed by atoms with Crippen molar-refractivity contribution in [1.29, 1.82) is 5.26 Å². The maximum absolute atomic E-state index is 13.0. The quantitative estimate of drug-likeness (QED) is 0.774. The number of hydrogen-bond acceptors (Lipinski definition) is 2. The van der Waals surface area contributed by atoms with Gasteiger partial charge in [-0.2, -0.15) is 18.4 Å². The number of hydrogen-bond donors (Lipinski definition) is 0. The highest BCUT2D eigenvalue weighted by Crippen LogP contribution is 2.38. The van der Waals surface area contributed by atoms with Gasteiger partial charge in [0.2, 0.25) is 0 Å². The molecule has 0 aromatic heterocycles. The van der Waals surface area contributed by atoms with Crippen molar-refractivity contribution in [2.45, 2.75) is 25.9 Å². The molecule has 19 heavy (non-hydrogen) atoms. The molecule has 0 amide bonds. The van der Waals surface area contributed by atoms with Crippen LogP contribution < -0.4 is 4.90 Å². The Balaban J connectivity index is 2.39. The fourth-order valence-electron chi connectivity index (χ4n) is 2.35. The van der Waals surface area contributed by atoms with Gasteiger partial charge in [-0.15, -0.1) is 0 Å². The lowest BCUT2D eigenvalue weighted by Crippen LogP contribution is -2.34. The zero-order valence-electron chi connectivity index (χ0n) is 10.7. The van der Waals surface area contributed by atoms with Crippen molar-refractivity contribution in [2.24, 2.45) is 5.92 Å². The van der Waals surface area contributed by atoms with E-state index in [-0.39, 0.29) is 11.3 Å². The lowest BCUT2D eigenvalue weighted by molar-refractivity contribution is -0.137. The van der Waals surface area contributed by atoms with Gasteiger partial charge in [-0.1, -0.05) is 6.92 Å². The number of nitriles is 1. The number of nitrogens with zero attached hydrogens (tertiary/aromatic N) is 2. The normalized spacial score (nSPS) is 17.3. The van der Waals surface area contributed by atoms with Crippen LogP contribution in [-0.4, -0.2) is 13.1 Å². The van der Waals surface area contributed by atoms with Crippen LogP contribution in [0.5, 0.6) is 0 Å². The number of piperidine rings is 1. The van der Waals surface area contributed by atoms with E-state index in [0.29, 0.717) is 19.0 Å². The monoisotopic (exact) mass is 268 g/mol. The molecule has 0 bridgehead atoms. The summed E-state index contributed by atoms with van der Waals surface area (Å²) in [6.45, 7) is 3.33. The first-order chi connectivity index (χ1) is 8.91. The molecule has 0 radical (unpaired) electrons. The summed E-state index contributed by atoms with van der Waals surface area (Å²) >= 11 is 0. The standard InChI is InChI=1S/C14H15F3N2/c1-10-4-6-19(7-5-10)13-8-11(9-18)2-3-12(13)14(15,16)17/h2-3,8,10H,4-7H2,1H3. The smallest absolute Gasteiger partial charge is 0.371 e. The number of benzene rings is 1. The van der Waals surface area contributed by atoms with Crippen LogP contribution in [0.1, 0.15) is 30.9 Å². The van der Waals surface area contributed by atoms with E-state index in [0.717, 1.165) is 18.9 Å². The van der Waals surface area contributed by atoms with Crippen LogP contribution in [0.25, 0.3) is 0 Å². The molecule has 2 rings (SSSR count). The first-order valence-electron chi connectivity index (χ1n) is 6.28. The average molecular weight is 268 g/mol. The summed E-state index contributed by atoms with van der Waals surface area (Å²) < 4.78 is 39.0. The van der Waals surface area contributed by atoms with Crippen LogP contribution in [0.2, 0.25) is 0 Å². The minimum absolute atomic E-state index is 0.137. The molecule has 0 N–H and O–H groups in total. The zero-order valence-corrected chi connectivity index (χ0v) is 10.7. The lowest BCUT2D eigenvalue weighted by Gasteiger charge is -2.33. The summed E-state index contributed by atoms with van der Waals surface area (Å²) in [6.07, 6.45) is -2.62. The van der Waals surface area contributed by atoms with Crippen molar-refractivity contribution in [1.82, 2.24) is 0 Å². The first kappa shape index (κ1) is 13.7. The van der Waals surface area contributed by atoms with Crippen molar-refractivity contribution in [2.75, 3.05) is 18.0 Å². The van der Waals surface area contributed by atoms with E-state index in [1.54, 1.807) is 4.90 Å². The van der Waals surface area contributed by atoms with Gasteiger partial charge in [0.1, 0.15) is 0 Å². The van der Waals surface area contributed by atoms with E-state index in [4.69, 9.17) is 5.26 Å². The summed E-state index contributed by atoms with van der Waals surface area (Å²) in [5, 5.41) is 8.85. The Morgan fingerprint density at radius 2 is 1.89 bits per heavy atom. The number of anilines is 1. The minimum atomic E-state index is -4.38. The Bertz CT molecular complexity index is 494. The van der Waals surface area contributed by atoms with E-state index in [2.05, 4.69) is 6.92 Å². The minimum Gasteiger partial charge on any atom is -0.371 e. The number of rotatable bonds is 1. The van der Waals surface area contributed by atoms with Crippen molar-refractivity contribution in [3.05, 3.63) is 29.3 Å². The van der Waals surface area contributed by atoms with Crippen LogP contribution in [0.3, 0.4) is 0 Å². The van der Waals surface area contributed by atoms with Crippen LogP contribution in [-0.2, 0) is 6.18 Å². The molecule has 1 heterocycles. The summed E-state index contributed by atoms with van der Waals surface area (Å²) in [6, 6.07) is 5.47. The van der Waals surface area contributed by atoms with Crippen LogP contribution in [0.15, 0.2) is 18.2 Å². The molecule has 1 aliphatic heterocycles. The van der Waals surface area contributed by atoms with Gasteiger partial charge >= 0.3 is 6.18 Å². The van der Waals surface area contributed by atoms with Crippen LogP contribution >= 0.6 is 0 Å². The van der Waals surface area contributed by atoms with Gasteiger partial charge in [0.15, 0.2) is 0 Å². The Morgan fingerprint density at radius 1 is 1.26 bits per heavy atom. The maximum Gasteiger partial charge on any atom is 0.418 e. The highest BCUT2D eigenvalue weighted by molar-refractivity contribution is 5.59. The fraction of sp³-hybridized carbons (Fsp3) is 0.500. The lowest BCUT2D eigenvalue weighted by atomic mass is 9.97. The van der Waals surface area contributed by atoms with E-state index < -0.39 is 11.7 Å².